The van der Waals surface area contributed by atoms with E-state index >= 15 is 0 Å². The van der Waals surface area contributed by atoms with Crippen molar-refractivity contribution in [1.82, 2.24) is 5.16 Å². The third-order valence-corrected chi connectivity index (χ3v) is 4.28. The number of benzene rings is 2. The molecule has 0 saturated heterocycles. The van der Waals surface area contributed by atoms with Gasteiger partial charge in [-0.15, -0.1) is 0 Å². The lowest BCUT2D eigenvalue weighted by atomic mass is 10.1. The van der Waals surface area contributed by atoms with Crippen molar-refractivity contribution in [3.63, 3.8) is 0 Å². The van der Waals surface area contributed by atoms with Gasteiger partial charge in [0.25, 0.3) is 17.7 Å². The molecule has 2 aromatic carbocycles. The van der Waals surface area contributed by atoms with Crippen LogP contribution in [0.15, 0.2) is 53.1 Å². The summed E-state index contributed by atoms with van der Waals surface area (Å²) in [6, 6.07) is 13.1. The summed E-state index contributed by atoms with van der Waals surface area (Å²) in [6.45, 7) is 3.60. The van der Waals surface area contributed by atoms with E-state index in [9.17, 15) is 14.4 Å². The highest BCUT2D eigenvalue weighted by Gasteiger charge is 2.37. The van der Waals surface area contributed by atoms with Crippen LogP contribution in [0.4, 0.5) is 11.5 Å². The maximum absolute atomic E-state index is 12.8. The maximum atomic E-state index is 12.8. The second kappa shape index (κ2) is 6.21. The Balaban J connectivity index is 1.65. The molecule has 7 heteroatoms. The maximum Gasteiger partial charge on any atom is 0.266 e. The molecule has 1 N–H and O–H groups in total. The lowest BCUT2D eigenvalue weighted by Gasteiger charge is -2.14. The highest BCUT2D eigenvalue weighted by Crippen LogP contribution is 2.29. The van der Waals surface area contributed by atoms with E-state index in [1.54, 1.807) is 31.2 Å². The lowest BCUT2D eigenvalue weighted by molar-refractivity contribution is 0.0925. The minimum absolute atomic E-state index is 0.200. The van der Waals surface area contributed by atoms with Gasteiger partial charge in [0.1, 0.15) is 5.76 Å². The number of anilines is 2. The van der Waals surface area contributed by atoms with E-state index in [-0.39, 0.29) is 22.5 Å². The van der Waals surface area contributed by atoms with Crippen LogP contribution in [0.3, 0.4) is 0 Å². The van der Waals surface area contributed by atoms with Gasteiger partial charge in [-0.3, -0.25) is 14.4 Å². The van der Waals surface area contributed by atoms with Crippen LogP contribution in [0, 0.1) is 13.8 Å². The number of fused-ring (bicyclic) bond motifs is 1. The van der Waals surface area contributed by atoms with E-state index in [0.29, 0.717) is 11.4 Å². The number of nitrogens with zero attached hydrogens (tertiary/aromatic N) is 2. The molecule has 0 unspecified atom stereocenters. The molecule has 1 aliphatic heterocycles. The van der Waals surface area contributed by atoms with Crippen LogP contribution in [0.25, 0.3) is 0 Å². The van der Waals surface area contributed by atoms with Gasteiger partial charge in [-0.25, -0.2) is 4.90 Å². The van der Waals surface area contributed by atoms with Crippen LogP contribution in [-0.4, -0.2) is 22.9 Å². The van der Waals surface area contributed by atoms with Crippen molar-refractivity contribution in [1.29, 1.82) is 0 Å². The quantitative estimate of drug-likeness (QED) is 0.722. The molecule has 0 fully saturated rings. The number of aryl methyl sites for hydroxylation is 2. The average Bonchev–Trinajstić information content (AvgIpc) is 3.16. The molecule has 7 nitrogen and oxygen atoms in total. The Morgan fingerprint density at radius 2 is 1.78 bits per heavy atom. The Morgan fingerprint density at radius 3 is 2.48 bits per heavy atom. The van der Waals surface area contributed by atoms with Gasteiger partial charge in [-0.1, -0.05) is 17.3 Å². The molecule has 134 valence electrons. The van der Waals surface area contributed by atoms with Crippen molar-refractivity contribution in [2.24, 2.45) is 0 Å². The fourth-order valence-corrected chi connectivity index (χ4v) is 3.00. The second-order valence-electron chi connectivity index (χ2n) is 6.32. The number of aromatic nitrogens is 1. The summed E-state index contributed by atoms with van der Waals surface area (Å²) in [7, 11) is 0. The summed E-state index contributed by atoms with van der Waals surface area (Å²) in [5.41, 5.74) is 2.17. The van der Waals surface area contributed by atoms with E-state index in [0.717, 1.165) is 10.5 Å². The minimum atomic E-state index is -0.451. The van der Waals surface area contributed by atoms with Crippen molar-refractivity contribution < 1.29 is 18.9 Å². The third-order valence-electron chi connectivity index (χ3n) is 4.28. The van der Waals surface area contributed by atoms with Gasteiger partial charge in [0, 0.05) is 11.6 Å². The molecule has 0 bridgehead atoms. The molecule has 0 radical (unpaired) electrons. The van der Waals surface area contributed by atoms with Gasteiger partial charge in [-0.2, -0.15) is 0 Å². The molecule has 27 heavy (non-hydrogen) atoms. The number of nitrogens with one attached hydrogen (secondary N) is 1. The molecule has 4 rings (SSSR count). The standard InChI is InChI=1S/C20H15N3O4/c1-11-4-3-5-14(8-11)23-19(25)15-7-6-13(10-16(15)20(23)26)18(24)21-17-9-12(2)27-22-17/h3-10H,1-2H3,(H,21,22,24). The summed E-state index contributed by atoms with van der Waals surface area (Å²) >= 11 is 0. The lowest BCUT2D eigenvalue weighted by Crippen LogP contribution is -2.29. The highest BCUT2D eigenvalue weighted by atomic mass is 16.5. The zero-order valence-electron chi connectivity index (χ0n) is 14.6. The van der Waals surface area contributed by atoms with Gasteiger partial charge in [-0.05, 0) is 49.7 Å². The molecular formula is C20H15N3O4. The molecule has 3 aromatic rings. The van der Waals surface area contributed by atoms with E-state index in [1.165, 1.54) is 18.2 Å². The molecule has 0 aliphatic carbocycles. The number of hydrogen-bond donors (Lipinski definition) is 1. The van der Waals surface area contributed by atoms with E-state index in [2.05, 4.69) is 10.5 Å². The van der Waals surface area contributed by atoms with Crippen LogP contribution >= 0.6 is 0 Å². The number of hydrogen-bond acceptors (Lipinski definition) is 5. The predicted octanol–water partition coefficient (Wildman–Crippen LogP) is 3.34. The molecule has 2 heterocycles. The van der Waals surface area contributed by atoms with Crippen LogP contribution < -0.4 is 10.2 Å². The van der Waals surface area contributed by atoms with Gasteiger partial charge in [0.05, 0.1) is 16.8 Å². The SMILES string of the molecule is Cc1cccc(N2C(=O)c3ccc(C(=O)Nc4cc(C)on4)cc3C2=O)c1. The first kappa shape index (κ1) is 16.7. The normalized spacial score (nSPS) is 13.0. The van der Waals surface area contributed by atoms with Crippen molar-refractivity contribution >= 4 is 29.2 Å². The van der Waals surface area contributed by atoms with Crippen molar-refractivity contribution in [2.45, 2.75) is 13.8 Å². The summed E-state index contributed by atoms with van der Waals surface area (Å²) in [4.78, 5) is 39.0. The Morgan fingerprint density at radius 1 is 1.00 bits per heavy atom. The predicted molar refractivity (Wildman–Crippen MR) is 98.0 cm³/mol. The summed E-state index contributed by atoms with van der Waals surface area (Å²) < 4.78 is 4.91. The molecule has 3 amide bonds. The molecular weight excluding hydrogens is 346 g/mol. The minimum Gasteiger partial charge on any atom is -0.360 e. The number of rotatable bonds is 3. The fraction of sp³-hybridized carbons (Fsp3) is 0.100. The first-order chi connectivity index (χ1) is 12.9. The number of carbonyl (C=O) groups is 3. The van der Waals surface area contributed by atoms with Crippen molar-refractivity contribution in [3.8, 4) is 0 Å². The van der Waals surface area contributed by atoms with Crippen LogP contribution in [0.5, 0.6) is 0 Å². The van der Waals surface area contributed by atoms with Gasteiger partial charge >= 0.3 is 0 Å². The Kier molecular flexibility index (Phi) is 3.84. The largest absolute Gasteiger partial charge is 0.360 e. The number of imide groups is 1. The summed E-state index contributed by atoms with van der Waals surface area (Å²) in [6.07, 6.45) is 0. The van der Waals surface area contributed by atoms with Crippen molar-refractivity contribution in [3.05, 3.63) is 76.5 Å². The Bertz CT molecular complexity index is 1100. The number of carbonyl (C=O) groups excluding carboxylic acids is 3. The molecule has 0 atom stereocenters. The average molecular weight is 361 g/mol. The van der Waals surface area contributed by atoms with E-state index in [4.69, 9.17) is 4.52 Å². The third kappa shape index (κ3) is 2.89. The molecule has 0 spiro atoms. The monoisotopic (exact) mass is 361 g/mol. The van der Waals surface area contributed by atoms with Gasteiger partial charge < -0.3 is 9.84 Å². The topological polar surface area (TPSA) is 92.5 Å². The zero-order valence-corrected chi connectivity index (χ0v) is 14.6. The number of amides is 3. The summed E-state index contributed by atoms with van der Waals surface area (Å²) in [5.74, 6) is -0.455. The Hall–Kier alpha value is -3.74. The second-order valence-corrected chi connectivity index (χ2v) is 6.32. The van der Waals surface area contributed by atoms with Crippen LogP contribution in [0.2, 0.25) is 0 Å². The molecule has 1 aliphatic rings. The Labute approximate surface area is 154 Å². The smallest absolute Gasteiger partial charge is 0.266 e. The molecule has 0 saturated carbocycles. The highest BCUT2D eigenvalue weighted by molar-refractivity contribution is 6.34. The van der Waals surface area contributed by atoms with Crippen molar-refractivity contribution in [2.75, 3.05) is 10.2 Å². The summed E-state index contributed by atoms with van der Waals surface area (Å²) in [5, 5.41) is 6.30. The first-order valence-corrected chi connectivity index (χ1v) is 8.28. The van der Waals surface area contributed by atoms with Crippen LogP contribution in [-0.2, 0) is 0 Å². The zero-order chi connectivity index (χ0) is 19.1. The first-order valence-electron chi connectivity index (χ1n) is 8.28. The van der Waals surface area contributed by atoms with E-state index < -0.39 is 17.7 Å². The fourth-order valence-electron chi connectivity index (χ4n) is 3.00. The van der Waals surface area contributed by atoms with Gasteiger partial charge in [0.2, 0.25) is 0 Å². The van der Waals surface area contributed by atoms with E-state index in [1.807, 2.05) is 13.0 Å². The molecule has 1 aromatic heterocycles. The van der Waals surface area contributed by atoms with Crippen LogP contribution in [0.1, 0.15) is 42.4 Å². The van der Waals surface area contributed by atoms with Gasteiger partial charge in [0.15, 0.2) is 5.82 Å².